The molecule has 0 unspecified atom stereocenters. The number of piperazine rings is 1. The van der Waals surface area contributed by atoms with Crippen molar-refractivity contribution < 1.29 is 9.59 Å². The van der Waals surface area contributed by atoms with E-state index in [2.05, 4.69) is 4.98 Å². The van der Waals surface area contributed by atoms with E-state index in [0.717, 1.165) is 10.9 Å². The van der Waals surface area contributed by atoms with Crippen LogP contribution in [0.4, 0.5) is 0 Å². The summed E-state index contributed by atoms with van der Waals surface area (Å²) in [6.07, 6.45) is 0. The third-order valence-corrected chi connectivity index (χ3v) is 4.02. The summed E-state index contributed by atoms with van der Waals surface area (Å²) in [5.41, 5.74) is 2.77. The van der Waals surface area contributed by atoms with Crippen molar-refractivity contribution in [3.63, 3.8) is 0 Å². The number of fused-ring (bicyclic) bond motifs is 1. The first-order valence-electron chi connectivity index (χ1n) is 7.19. The number of aromatic amines is 1. The molecule has 1 fully saturated rings. The number of carbonyl (C=O) groups excluding carboxylic acids is 2. The Bertz CT molecular complexity index is 697. The molecule has 1 aromatic heterocycles. The molecule has 110 valence electrons. The number of aromatic nitrogens is 1. The largest absolute Gasteiger partial charge is 0.351 e. The minimum absolute atomic E-state index is 0.00653. The van der Waals surface area contributed by atoms with Gasteiger partial charge in [-0.15, -0.1) is 0 Å². The van der Waals surface area contributed by atoms with Gasteiger partial charge in [-0.3, -0.25) is 9.59 Å². The molecule has 21 heavy (non-hydrogen) atoms. The summed E-state index contributed by atoms with van der Waals surface area (Å²) in [6.45, 7) is 6.00. The van der Waals surface area contributed by atoms with Gasteiger partial charge >= 0.3 is 0 Å². The van der Waals surface area contributed by atoms with Crippen molar-refractivity contribution in [2.24, 2.45) is 0 Å². The molecule has 1 aliphatic rings. The Balaban J connectivity index is 1.76. The number of nitrogens with one attached hydrogen (secondary N) is 1. The molecule has 2 heterocycles. The molecular weight excluding hydrogens is 266 g/mol. The van der Waals surface area contributed by atoms with E-state index in [0.29, 0.717) is 31.9 Å². The quantitative estimate of drug-likeness (QED) is 0.868. The van der Waals surface area contributed by atoms with Gasteiger partial charge in [0.2, 0.25) is 5.91 Å². The maximum atomic E-state index is 12.5. The highest BCUT2D eigenvalue weighted by atomic mass is 16.2. The summed E-state index contributed by atoms with van der Waals surface area (Å²) in [7, 11) is 0. The highest BCUT2D eigenvalue weighted by Crippen LogP contribution is 2.18. The molecule has 0 saturated carbocycles. The Labute approximate surface area is 123 Å². The fourth-order valence-electron chi connectivity index (χ4n) is 2.75. The summed E-state index contributed by atoms with van der Waals surface area (Å²) < 4.78 is 0. The van der Waals surface area contributed by atoms with Gasteiger partial charge in [0.1, 0.15) is 5.69 Å². The van der Waals surface area contributed by atoms with Crippen LogP contribution in [0.25, 0.3) is 10.9 Å². The molecule has 3 rings (SSSR count). The normalized spacial score (nSPS) is 15.5. The van der Waals surface area contributed by atoms with Crippen LogP contribution >= 0.6 is 0 Å². The van der Waals surface area contributed by atoms with Crippen LogP contribution in [0.5, 0.6) is 0 Å². The van der Waals surface area contributed by atoms with Crippen LogP contribution < -0.4 is 0 Å². The van der Waals surface area contributed by atoms with Crippen molar-refractivity contribution in [3.05, 3.63) is 35.5 Å². The molecule has 5 heteroatoms. The Morgan fingerprint density at radius 3 is 2.38 bits per heavy atom. The molecule has 0 radical (unpaired) electrons. The van der Waals surface area contributed by atoms with Crippen LogP contribution in [-0.4, -0.2) is 52.8 Å². The molecule has 0 spiro atoms. The Hall–Kier alpha value is -2.30. The molecule has 1 aliphatic heterocycles. The van der Waals surface area contributed by atoms with Gasteiger partial charge < -0.3 is 14.8 Å². The van der Waals surface area contributed by atoms with Crippen LogP contribution in [0, 0.1) is 6.92 Å². The lowest BCUT2D eigenvalue weighted by Gasteiger charge is -2.33. The highest BCUT2D eigenvalue weighted by Gasteiger charge is 2.24. The van der Waals surface area contributed by atoms with Crippen LogP contribution in [0.15, 0.2) is 24.3 Å². The van der Waals surface area contributed by atoms with Gasteiger partial charge in [0.05, 0.1) is 0 Å². The molecule has 1 aromatic carbocycles. The summed E-state index contributed by atoms with van der Waals surface area (Å²) in [4.78, 5) is 30.6. The molecule has 0 bridgehead atoms. The first-order valence-corrected chi connectivity index (χ1v) is 7.19. The second-order valence-electron chi connectivity index (χ2n) is 5.57. The lowest BCUT2D eigenvalue weighted by molar-refractivity contribution is -0.130. The molecule has 0 atom stereocenters. The summed E-state index contributed by atoms with van der Waals surface area (Å²) in [6, 6.07) is 8.00. The van der Waals surface area contributed by atoms with Crippen molar-refractivity contribution in [3.8, 4) is 0 Å². The SMILES string of the molecule is CC(=O)N1CCN(C(=O)c2cc3ccc(C)cc3[nH]2)CC1. The average Bonchev–Trinajstić information content (AvgIpc) is 2.89. The molecule has 1 N–H and O–H groups in total. The van der Waals surface area contributed by atoms with Crippen molar-refractivity contribution in [2.75, 3.05) is 26.2 Å². The second-order valence-corrected chi connectivity index (χ2v) is 5.57. The maximum absolute atomic E-state index is 12.5. The minimum atomic E-state index is 0.00653. The molecule has 2 amide bonds. The number of nitrogens with zero attached hydrogens (tertiary/aromatic N) is 2. The van der Waals surface area contributed by atoms with Gasteiger partial charge in [0, 0.05) is 44.0 Å². The summed E-state index contributed by atoms with van der Waals surface area (Å²) in [5.74, 6) is 0.0789. The van der Waals surface area contributed by atoms with E-state index in [9.17, 15) is 9.59 Å². The van der Waals surface area contributed by atoms with Crippen LogP contribution in [-0.2, 0) is 4.79 Å². The number of amides is 2. The first kappa shape index (κ1) is 13.7. The fraction of sp³-hybridized carbons (Fsp3) is 0.375. The van der Waals surface area contributed by atoms with E-state index >= 15 is 0 Å². The number of hydrogen-bond acceptors (Lipinski definition) is 2. The number of aryl methyl sites for hydroxylation is 1. The Morgan fingerprint density at radius 1 is 1.05 bits per heavy atom. The predicted molar refractivity (Wildman–Crippen MR) is 81.2 cm³/mol. The smallest absolute Gasteiger partial charge is 0.270 e. The van der Waals surface area contributed by atoms with E-state index in [1.807, 2.05) is 31.2 Å². The second kappa shape index (κ2) is 5.24. The Morgan fingerprint density at radius 2 is 1.71 bits per heavy atom. The van der Waals surface area contributed by atoms with Gasteiger partial charge in [-0.25, -0.2) is 0 Å². The molecular formula is C16H19N3O2. The fourth-order valence-corrected chi connectivity index (χ4v) is 2.75. The van der Waals surface area contributed by atoms with E-state index in [1.54, 1.807) is 16.7 Å². The van der Waals surface area contributed by atoms with E-state index < -0.39 is 0 Å². The third kappa shape index (κ3) is 2.63. The zero-order valence-corrected chi connectivity index (χ0v) is 12.3. The van der Waals surface area contributed by atoms with Crippen LogP contribution in [0.3, 0.4) is 0 Å². The summed E-state index contributed by atoms with van der Waals surface area (Å²) >= 11 is 0. The van der Waals surface area contributed by atoms with Crippen molar-refractivity contribution in [1.82, 2.24) is 14.8 Å². The number of benzene rings is 1. The van der Waals surface area contributed by atoms with E-state index in [4.69, 9.17) is 0 Å². The van der Waals surface area contributed by atoms with Gasteiger partial charge in [0.15, 0.2) is 0 Å². The van der Waals surface area contributed by atoms with E-state index in [1.165, 1.54) is 5.56 Å². The van der Waals surface area contributed by atoms with Crippen molar-refractivity contribution >= 4 is 22.7 Å². The van der Waals surface area contributed by atoms with Gasteiger partial charge in [-0.1, -0.05) is 12.1 Å². The lowest BCUT2D eigenvalue weighted by atomic mass is 10.2. The molecule has 1 saturated heterocycles. The number of rotatable bonds is 1. The highest BCUT2D eigenvalue weighted by molar-refractivity contribution is 5.98. The van der Waals surface area contributed by atoms with Crippen LogP contribution in [0.1, 0.15) is 23.0 Å². The number of carbonyl (C=O) groups is 2. The van der Waals surface area contributed by atoms with Gasteiger partial charge in [0.25, 0.3) is 5.91 Å². The molecule has 2 aromatic rings. The molecule has 5 nitrogen and oxygen atoms in total. The van der Waals surface area contributed by atoms with Crippen LogP contribution in [0.2, 0.25) is 0 Å². The van der Waals surface area contributed by atoms with E-state index in [-0.39, 0.29) is 11.8 Å². The monoisotopic (exact) mass is 285 g/mol. The standard InChI is InChI=1S/C16H19N3O2/c1-11-3-4-13-10-15(17-14(13)9-11)16(21)19-7-5-18(6-8-19)12(2)20/h3-4,9-10,17H,5-8H2,1-2H3. The van der Waals surface area contributed by atoms with Crippen molar-refractivity contribution in [2.45, 2.75) is 13.8 Å². The maximum Gasteiger partial charge on any atom is 0.270 e. The topological polar surface area (TPSA) is 56.4 Å². The lowest BCUT2D eigenvalue weighted by Crippen LogP contribution is -2.50. The summed E-state index contributed by atoms with van der Waals surface area (Å²) in [5, 5.41) is 1.05. The first-order chi connectivity index (χ1) is 10.0. The predicted octanol–water partition coefficient (Wildman–Crippen LogP) is 1.78. The average molecular weight is 285 g/mol. The Kier molecular flexibility index (Phi) is 3.41. The number of hydrogen-bond donors (Lipinski definition) is 1. The zero-order valence-electron chi connectivity index (χ0n) is 12.3. The molecule has 0 aliphatic carbocycles. The van der Waals surface area contributed by atoms with Crippen molar-refractivity contribution in [1.29, 1.82) is 0 Å². The van der Waals surface area contributed by atoms with Gasteiger partial charge in [-0.2, -0.15) is 0 Å². The van der Waals surface area contributed by atoms with Gasteiger partial charge in [-0.05, 0) is 24.6 Å². The minimum Gasteiger partial charge on any atom is -0.351 e. The number of H-pyrrole nitrogens is 1. The zero-order chi connectivity index (χ0) is 15.0. The third-order valence-electron chi connectivity index (χ3n) is 4.02.